The molecule has 1 aromatic heterocycles. The molecule has 1 saturated heterocycles. The second kappa shape index (κ2) is 7.66. The van der Waals surface area contributed by atoms with Crippen molar-refractivity contribution in [1.29, 1.82) is 0 Å². The molecule has 2 aliphatic heterocycles. The average Bonchev–Trinajstić information content (AvgIpc) is 3.25. The van der Waals surface area contributed by atoms with Crippen molar-refractivity contribution >= 4 is 11.8 Å². The van der Waals surface area contributed by atoms with Gasteiger partial charge in [0.25, 0.3) is 5.91 Å². The molecule has 0 N–H and O–H groups in total. The minimum atomic E-state index is -0.000998. The highest BCUT2D eigenvalue weighted by atomic mass is 16.5. The van der Waals surface area contributed by atoms with Crippen molar-refractivity contribution in [3.05, 3.63) is 46.8 Å². The van der Waals surface area contributed by atoms with Gasteiger partial charge in [0.1, 0.15) is 18.9 Å². The number of benzene rings is 1. The van der Waals surface area contributed by atoms with Crippen LogP contribution < -0.4 is 4.74 Å². The third kappa shape index (κ3) is 3.74. The molecule has 2 aromatic rings. The number of nitrogens with zero attached hydrogens (tertiary/aromatic N) is 4. The van der Waals surface area contributed by atoms with Crippen molar-refractivity contribution in [2.24, 2.45) is 0 Å². The van der Waals surface area contributed by atoms with Gasteiger partial charge in [-0.2, -0.15) is 5.10 Å². The summed E-state index contributed by atoms with van der Waals surface area (Å²) in [6.45, 7) is 7.11. The van der Waals surface area contributed by atoms with Gasteiger partial charge < -0.3 is 14.5 Å². The lowest BCUT2D eigenvalue weighted by Crippen LogP contribution is -2.35. The van der Waals surface area contributed by atoms with Crippen LogP contribution in [0.25, 0.3) is 0 Å². The molecule has 1 aromatic carbocycles. The first-order valence-electron chi connectivity index (χ1n) is 9.85. The summed E-state index contributed by atoms with van der Waals surface area (Å²) >= 11 is 0. The summed E-state index contributed by atoms with van der Waals surface area (Å²) in [4.78, 5) is 29.2. The second-order valence-corrected chi connectivity index (χ2v) is 7.57. The van der Waals surface area contributed by atoms with E-state index in [0.717, 1.165) is 48.6 Å². The minimum Gasteiger partial charge on any atom is -0.491 e. The second-order valence-electron chi connectivity index (χ2n) is 7.57. The van der Waals surface area contributed by atoms with Crippen molar-refractivity contribution in [1.82, 2.24) is 19.6 Å². The van der Waals surface area contributed by atoms with Gasteiger partial charge in [0.15, 0.2) is 0 Å². The number of rotatable bonds is 3. The Morgan fingerprint density at radius 1 is 1.07 bits per heavy atom. The molecule has 7 nitrogen and oxygen atoms in total. The molecule has 0 saturated carbocycles. The molecule has 148 valence electrons. The van der Waals surface area contributed by atoms with Crippen LogP contribution in [0.1, 0.15) is 40.2 Å². The topological polar surface area (TPSA) is 67.7 Å². The lowest BCUT2D eigenvalue weighted by Gasteiger charge is -2.21. The Bertz CT molecular complexity index is 899. The van der Waals surface area contributed by atoms with Crippen molar-refractivity contribution in [3.8, 4) is 5.75 Å². The number of fused-ring (bicyclic) bond motifs is 1. The summed E-state index contributed by atoms with van der Waals surface area (Å²) in [5, 5.41) is 4.38. The number of hydrogen-bond donors (Lipinski definition) is 0. The molecule has 0 atom stereocenters. The maximum Gasteiger partial charge on any atom is 0.253 e. The quantitative estimate of drug-likeness (QED) is 0.816. The maximum absolute atomic E-state index is 12.9. The zero-order valence-electron chi connectivity index (χ0n) is 16.5. The Morgan fingerprint density at radius 3 is 2.57 bits per heavy atom. The highest BCUT2D eigenvalue weighted by Crippen LogP contribution is 2.26. The molecule has 0 aliphatic carbocycles. The first-order chi connectivity index (χ1) is 13.5. The van der Waals surface area contributed by atoms with E-state index in [1.54, 1.807) is 9.58 Å². The SMILES string of the molecule is Cc1cc(C)n(CC(=O)N2CCOc3ccc(C(=O)N4CCCC4)cc3C2)n1. The molecule has 0 spiro atoms. The summed E-state index contributed by atoms with van der Waals surface area (Å²) in [5.74, 6) is 0.809. The fraction of sp³-hybridized carbons (Fsp3) is 0.476. The number of carbonyl (C=O) groups excluding carboxylic acids is 2. The summed E-state index contributed by atoms with van der Waals surface area (Å²) in [7, 11) is 0. The lowest BCUT2D eigenvalue weighted by atomic mass is 10.1. The third-order valence-corrected chi connectivity index (χ3v) is 5.42. The summed E-state index contributed by atoms with van der Waals surface area (Å²) in [6.07, 6.45) is 2.13. The molecule has 3 heterocycles. The van der Waals surface area contributed by atoms with Gasteiger partial charge >= 0.3 is 0 Å². The van der Waals surface area contributed by atoms with Crippen LogP contribution in [0.4, 0.5) is 0 Å². The Balaban J connectivity index is 1.51. The summed E-state index contributed by atoms with van der Waals surface area (Å²) in [5.41, 5.74) is 3.41. The molecule has 4 rings (SSSR count). The van der Waals surface area contributed by atoms with Crippen LogP contribution in [-0.4, -0.2) is 57.6 Å². The molecular formula is C21H26N4O3. The zero-order valence-corrected chi connectivity index (χ0v) is 16.5. The Labute approximate surface area is 164 Å². The van der Waals surface area contributed by atoms with Crippen LogP contribution in [0, 0.1) is 13.8 Å². The van der Waals surface area contributed by atoms with Gasteiger partial charge in [-0.1, -0.05) is 0 Å². The van der Waals surface area contributed by atoms with Gasteiger partial charge in [-0.25, -0.2) is 0 Å². The number of ether oxygens (including phenoxy) is 1. The Morgan fingerprint density at radius 2 is 1.86 bits per heavy atom. The largest absolute Gasteiger partial charge is 0.491 e. The highest BCUT2D eigenvalue weighted by molar-refractivity contribution is 5.94. The van der Waals surface area contributed by atoms with Gasteiger partial charge in [-0.3, -0.25) is 14.3 Å². The number of aromatic nitrogens is 2. The fourth-order valence-electron chi connectivity index (χ4n) is 3.91. The molecule has 7 heteroatoms. The lowest BCUT2D eigenvalue weighted by molar-refractivity contribution is -0.132. The smallest absolute Gasteiger partial charge is 0.253 e. The highest BCUT2D eigenvalue weighted by Gasteiger charge is 2.24. The minimum absolute atomic E-state index is 0.000998. The monoisotopic (exact) mass is 382 g/mol. The van der Waals surface area contributed by atoms with Crippen molar-refractivity contribution in [3.63, 3.8) is 0 Å². The van der Waals surface area contributed by atoms with E-state index in [4.69, 9.17) is 4.74 Å². The van der Waals surface area contributed by atoms with Crippen molar-refractivity contribution < 1.29 is 14.3 Å². The van der Waals surface area contributed by atoms with Gasteiger partial charge in [0, 0.05) is 36.5 Å². The van der Waals surface area contributed by atoms with E-state index in [0.29, 0.717) is 25.3 Å². The van der Waals surface area contributed by atoms with E-state index in [1.165, 1.54) is 0 Å². The maximum atomic E-state index is 12.9. The zero-order chi connectivity index (χ0) is 19.7. The van der Waals surface area contributed by atoms with Gasteiger partial charge in [-0.15, -0.1) is 0 Å². The molecule has 0 radical (unpaired) electrons. The molecule has 0 bridgehead atoms. The van der Waals surface area contributed by atoms with Gasteiger partial charge in [0.05, 0.1) is 12.2 Å². The van der Waals surface area contributed by atoms with E-state index in [-0.39, 0.29) is 18.4 Å². The van der Waals surface area contributed by atoms with Crippen LogP contribution in [0.2, 0.25) is 0 Å². The van der Waals surface area contributed by atoms with Crippen LogP contribution in [0.5, 0.6) is 5.75 Å². The van der Waals surface area contributed by atoms with Crippen LogP contribution in [-0.2, 0) is 17.9 Å². The van der Waals surface area contributed by atoms with E-state index < -0.39 is 0 Å². The van der Waals surface area contributed by atoms with E-state index in [1.807, 2.05) is 43.0 Å². The normalized spacial score (nSPS) is 16.5. The number of aryl methyl sites for hydroxylation is 2. The third-order valence-electron chi connectivity index (χ3n) is 5.42. The van der Waals surface area contributed by atoms with Crippen LogP contribution >= 0.6 is 0 Å². The standard InChI is InChI=1S/C21H26N4O3/c1-15-11-16(2)25(22-15)14-20(26)24-9-10-28-19-6-5-17(12-18(19)13-24)21(27)23-7-3-4-8-23/h5-6,11-12H,3-4,7-10,13-14H2,1-2H3. The average molecular weight is 382 g/mol. The van der Waals surface area contributed by atoms with Gasteiger partial charge in [0.2, 0.25) is 5.91 Å². The molecule has 28 heavy (non-hydrogen) atoms. The van der Waals surface area contributed by atoms with Crippen molar-refractivity contribution in [2.75, 3.05) is 26.2 Å². The molecule has 2 amide bonds. The first-order valence-corrected chi connectivity index (χ1v) is 9.85. The summed E-state index contributed by atoms with van der Waals surface area (Å²) < 4.78 is 7.56. The predicted molar refractivity (Wildman–Crippen MR) is 104 cm³/mol. The number of hydrogen-bond acceptors (Lipinski definition) is 4. The van der Waals surface area contributed by atoms with E-state index >= 15 is 0 Å². The molecule has 1 fully saturated rings. The molecule has 2 aliphatic rings. The Kier molecular flexibility index (Phi) is 5.07. The first kappa shape index (κ1) is 18.5. The Hall–Kier alpha value is -2.83. The van der Waals surface area contributed by atoms with Crippen LogP contribution in [0.15, 0.2) is 24.3 Å². The van der Waals surface area contributed by atoms with E-state index in [2.05, 4.69) is 5.10 Å². The van der Waals surface area contributed by atoms with Gasteiger partial charge in [-0.05, 0) is 51.0 Å². The number of likely N-dealkylation sites (tertiary alicyclic amines) is 1. The number of amides is 2. The predicted octanol–water partition coefficient (Wildman–Crippen LogP) is 2.16. The van der Waals surface area contributed by atoms with Crippen LogP contribution in [0.3, 0.4) is 0 Å². The molecule has 0 unspecified atom stereocenters. The van der Waals surface area contributed by atoms with Crippen molar-refractivity contribution in [2.45, 2.75) is 39.8 Å². The number of carbonyl (C=O) groups is 2. The summed E-state index contributed by atoms with van der Waals surface area (Å²) in [6, 6.07) is 7.52. The van der Waals surface area contributed by atoms with E-state index in [9.17, 15) is 9.59 Å². The fourth-order valence-corrected chi connectivity index (χ4v) is 3.91. The molecular weight excluding hydrogens is 356 g/mol.